The minimum absolute atomic E-state index is 0.0832. The molecule has 0 bridgehead atoms. The third kappa shape index (κ3) is 14.5. The van der Waals surface area contributed by atoms with Gasteiger partial charge in [0.05, 0.1) is 82.2 Å². The Morgan fingerprint density at radius 1 is 0.414 bits per heavy atom. The molecule has 3 N–H and O–H groups in total. The summed E-state index contributed by atoms with van der Waals surface area (Å²) in [5.74, 6) is 2.90. The predicted octanol–water partition coefficient (Wildman–Crippen LogP) is 14.6. The monoisotopic (exact) mass is 1310 g/mol. The highest BCUT2D eigenvalue weighted by Crippen LogP contribution is 2.39. The molecular weight excluding hydrogens is 1240 g/mol. The number of H-pyrrole nitrogens is 3. The molecule has 0 radical (unpaired) electrons. The topological polar surface area (TPSA) is 235 Å². The van der Waals surface area contributed by atoms with Crippen LogP contribution in [0.5, 0.6) is 11.5 Å². The van der Waals surface area contributed by atoms with Gasteiger partial charge in [-0.15, -0.1) is 0 Å². The van der Waals surface area contributed by atoms with Gasteiger partial charge < -0.3 is 58.1 Å². The highest BCUT2D eigenvalue weighted by molar-refractivity contribution is 5.99. The lowest BCUT2D eigenvalue weighted by Crippen LogP contribution is -2.36. The lowest BCUT2D eigenvalue weighted by Gasteiger charge is -2.28. The first-order chi connectivity index (χ1) is 48.9. The van der Waals surface area contributed by atoms with Crippen LogP contribution in [0, 0.1) is 39.9 Å². The molecule has 4 saturated heterocycles. The molecule has 4 aliphatic heterocycles. The number of morpholine rings is 3. The highest BCUT2D eigenvalue weighted by atomic mass is 16.5. The van der Waals surface area contributed by atoms with Crippen molar-refractivity contribution in [3.8, 4) is 96.9 Å². The van der Waals surface area contributed by atoms with Crippen LogP contribution in [0.2, 0.25) is 0 Å². The molecule has 0 spiro atoms. The van der Waals surface area contributed by atoms with Gasteiger partial charge in [-0.25, -0.2) is 19.9 Å². The van der Waals surface area contributed by atoms with Gasteiger partial charge in [0.1, 0.15) is 52.5 Å². The molecule has 5 fully saturated rings. The fourth-order valence-electron chi connectivity index (χ4n) is 13.2. The van der Waals surface area contributed by atoms with Gasteiger partial charge in [-0.05, 0) is 172 Å². The number of rotatable bonds is 14. The van der Waals surface area contributed by atoms with Crippen molar-refractivity contribution in [3.63, 3.8) is 0 Å². The Morgan fingerprint density at radius 2 is 0.859 bits per heavy atom. The summed E-state index contributed by atoms with van der Waals surface area (Å²) >= 11 is 0. The molecule has 19 nitrogen and oxygen atoms in total. The molecule has 0 unspecified atom stereocenters. The van der Waals surface area contributed by atoms with E-state index >= 15 is 0 Å². The zero-order chi connectivity index (χ0) is 66.9. The number of benzene rings is 5. The number of aromatic amines is 3. The van der Waals surface area contributed by atoms with Gasteiger partial charge in [0, 0.05) is 127 Å². The van der Waals surface area contributed by atoms with Crippen molar-refractivity contribution in [2.45, 2.75) is 31.8 Å². The molecule has 17 rings (SSSR count). The van der Waals surface area contributed by atoms with Crippen LogP contribution in [0.25, 0.3) is 100 Å². The molecule has 0 amide bonds. The Morgan fingerprint density at radius 3 is 1.33 bits per heavy atom. The first-order valence-electron chi connectivity index (χ1n) is 33.9. The molecule has 494 valence electrons. The summed E-state index contributed by atoms with van der Waals surface area (Å²) in [7, 11) is 0. The van der Waals surface area contributed by atoms with Crippen molar-refractivity contribution in [2.75, 3.05) is 113 Å². The van der Waals surface area contributed by atoms with Crippen LogP contribution in [0.1, 0.15) is 42.4 Å². The lowest BCUT2D eigenvalue weighted by atomic mass is 10.0. The number of hydrogen-bond donors (Lipinski definition) is 3. The van der Waals surface area contributed by atoms with Crippen LogP contribution < -0.4 is 24.2 Å². The van der Waals surface area contributed by atoms with Gasteiger partial charge in [0.25, 0.3) is 0 Å². The number of aromatic nitrogens is 7. The molecular formula is C80H73N13O6. The lowest BCUT2D eigenvalue weighted by molar-refractivity contribution is 0.0254. The minimum atomic E-state index is 0.0832. The average molecular weight is 1310 g/mol. The normalized spacial score (nSPS) is 15.7. The largest absolute Gasteiger partial charge is 0.492 e. The molecule has 5 aliphatic rings. The van der Waals surface area contributed by atoms with E-state index in [0.717, 1.165) is 198 Å². The summed E-state index contributed by atoms with van der Waals surface area (Å²) in [5, 5.41) is 31.8. The Bertz CT molecular complexity index is 4940. The standard InChI is InChI=1S/C28H27N5O3.C28H26N4O2.C24H20N4O/c29-17-21-15-19(1-3-26(21)36-22-6-11-34-12-7-22)23-5-8-30-28-24(23)16-25(32-28)20-2-4-27(31-18-20)33-9-13-35-14-10-33;29-17-22-15-21(5-8-27(22)34-18-19-1-2-19)24-9-10-30-28-25(24)16-26(31-28)20-3-6-23(7-4-20)32-11-13-33-14-12-32;25-16-17-2-1-3-19(14-17)21-8-9-26-24-22(21)15-23(27-24)18-4-6-20(7-5-18)28-10-12-29-13-11-28/h1-5,8,15-16,18,22H,6-7,9-14H2,(H,30,32);3-10,15-16,19H,1-2,11-14,18H2,(H,30,31);1-9,14-15H,10-13H2,(H,26,27). The molecule has 19 heteroatoms. The van der Waals surface area contributed by atoms with E-state index in [4.69, 9.17) is 28.4 Å². The number of pyridine rings is 4. The molecule has 7 aromatic heterocycles. The molecule has 11 heterocycles. The van der Waals surface area contributed by atoms with Crippen molar-refractivity contribution in [2.24, 2.45) is 5.92 Å². The van der Waals surface area contributed by atoms with Crippen LogP contribution in [0.3, 0.4) is 0 Å². The molecule has 0 atom stereocenters. The molecule has 1 saturated carbocycles. The van der Waals surface area contributed by atoms with Crippen LogP contribution in [-0.4, -0.2) is 140 Å². The summed E-state index contributed by atoms with van der Waals surface area (Å²) in [6.45, 7) is 12.1. The van der Waals surface area contributed by atoms with Crippen LogP contribution in [-0.2, 0) is 18.9 Å². The van der Waals surface area contributed by atoms with E-state index in [1.54, 1.807) is 12.4 Å². The maximum absolute atomic E-state index is 9.81. The first-order valence-corrected chi connectivity index (χ1v) is 33.9. The highest BCUT2D eigenvalue weighted by Gasteiger charge is 2.24. The number of anilines is 3. The molecule has 1 aliphatic carbocycles. The molecule has 5 aromatic carbocycles. The summed E-state index contributed by atoms with van der Waals surface area (Å²) in [6.07, 6.45) is 11.5. The van der Waals surface area contributed by atoms with Crippen LogP contribution in [0.4, 0.5) is 17.2 Å². The number of ether oxygens (including phenoxy) is 6. The second kappa shape index (κ2) is 29.5. The van der Waals surface area contributed by atoms with Gasteiger partial charge in [0.15, 0.2) is 0 Å². The third-order valence-electron chi connectivity index (χ3n) is 18.9. The van der Waals surface area contributed by atoms with Crippen LogP contribution in [0.15, 0.2) is 183 Å². The zero-order valence-electron chi connectivity index (χ0n) is 54.8. The van der Waals surface area contributed by atoms with Crippen molar-refractivity contribution < 1.29 is 28.4 Å². The molecule has 99 heavy (non-hydrogen) atoms. The SMILES string of the molecule is N#Cc1cc(-c2ccnc3[nH]c(-c4ccc(N5CCOCC5)cc4)cc23)ccc1OCC1CC1.N#Cc1cc(-c2ccnc3[nH]c(-c4ccc(N5CCOCC5)nc4)cc23)ccc1OC1CCOCC1.N#Cc1cccc(-c2ccnc3[nH]c(-c4ccc(N5CCOCC5)cc4)cc23)c1. The van der Waals surface area contributed by atoms with E-state index in [2.05, 4.69) is 147 Å². The van der Waals surface area contributed by atoms with Gasteiger partial charge in [0.2, 0.25) is 0 Å². The second-order valence-corrected chi connectivity index (χ2v) is 25.2. The summed E-state index contributed by atoms with van der Waals surface area (Å²) in [4.78, 5) is 35.6. The minimum Gasteiger partial charge on any atom is -0.492 e. The Balaban J connectivity index is 0.000000122. The average Bonchev–Trinajstić information content (AvgIpc) is 1.69. The molecule has 12 aromatic rings. The maximum atomic E-state index is 9.81. The van der Waals surface area contributed by atoms with Crippen molar-refractivity contribution in [1.82, 2.24) is 34.9 Å². The summed E-state index contributed by atoms with van der Waals surface area (Å²) in [5.41, 5.74) is 19.0. The third-order valence-corrected chi connectivity index (χ3v) is 18.9. The summed E-state index contributed by atoms with van der Waals surface area (Å²) in [6, 6.07) is 59.9. The number of hydrogen-bond acceptors (Lipinski definition) is 16. The maximum Gasteiger partial charge on any atom is 0.138 e. The van der Waals surface area contributed by atoms with Crippen molar-refractivity contribution in [3.05, 3.63) is 199 Å². The van der Waals surface area contributed by atoms with Crippen molar-refractivity contribution >= 4 is 50.3 Å². The van der Waals surface area contributed by atoms with E-state index in [0.29, 0.717) is 53.9 Å². The second-order valence-electron chi connectivity index (χ2n) is 25.2. The van der Waals surface area contributed by atoms with E-state index < -0.39 is 0 Å². The van der Waals surface area contributed by atoms with E-state index in [9.17, 15) is 15.8 Å². The Hall–Kier alpha value is -11.4. The van der Waals surface area contributed by atoms with Gasteiger partial charge in [-0.3, -0.25) is 0 Å². The van der Waals surface area contributed by atoms with E-state index in [1.165, 1.54) is 24.2 Å². The van der Waals surface area contributed by atoms with Crippen molar-refractivity contribution in [1.29, 1.82) is 15.8 Å². The smallest absolute Gasteiger partial charge is 0.138 e. The fourth-order valence-corrected chi connectivity index (χ4v) is 13.2. The zero-order valence-corrected chi connectivity index (χ0v) is 54.8. The Kier molecular flexibility index (Phi) is 19.0. The number of nitrogens with zero attached hydrogens (tertiary/aromatic N) is 10. The number of fused-ring (bicyclic) bond motifs is 3. The van der Waals surface area contributed by atoms with Gasteiger partial charge >= 0.3 is 0 Å². The van der Waals surface area contributed by atoms with Crippen LogP contribution >= 0.6 is 0 Å². The van der Waals surface area contributed by atoms with Gasteiger partial charge in [-0.1, -0.05) is 48.5 Å². The van der Waals surface area contributed by atoms with E-state index in [-0.39, 0.29) is 6.10 Å². The quantitative estimate of drug-likeness (QED) is 0.0918. The first kappa shape index (κ1) is 63.7. The number of nitrogens with one attached hydrogen (secondary N) is 3. The summed E-state index contributed by atoms with van der Waals surface area (Å²) < 4.78 is 33.8. The fraction of sp³-hybridized carbons (Fsp3) is 0.263. The number of nitriles is 3. The van der Waals surface area contributed by atoms with Gasteiger partial charge in [-0.2, -0.15) is 15.8 Å². The Labute approximate surface area is 573 Å². The predicted molar refractivity (Wildman–Crippen MR) is 385 cm³/mol. The van der Waals surface area contributed by atoms with E-state index in [1.807, 2.05) is 91.3 Å².